The van der Waals surface area contributed by atoms with Crippen LogP contribution in [0, 0.1) is 0 Å². The van der Waals surface area contributed by atoms with Crippen LogP contribution < -0.4 is 15.4 Å². The summed E-state index contributed by atoms with van der Waals surface area (Å²) in [6.45, 7) is 0.732. The molecule has 0 saturated heterocycles. The minimum atomic E-state index is 0.370. The number of nitrogens with zero attached hydrogens (tertiary/aromatic N) is 2. The Hall–Kier alpha value is -1.78. The number of aliphatic imine (C=N–C) groups is 1. The van der Waals surface area contributed by atoms with Crippen LogP contribution in [0.25, 0.3) is 0 Å². The number of ether oxygens (including phenoxy) is 1. The molecule has 0 spiro atoms. The van der Waals surface area contributed by atoms with Crippen molar-refractivity contribution in [3.05, 3.63) is 23.9 Å². The van der Waals surface area contributed by atoms with E-state index in [9.17, 15) is 0 Å². The second-order valence-corrected chi connectivity index (χ2v) is 5.52. The summed E-state index contributed by atoms with van der Waals surface area (Å²) in [7, 11) is 1.80. The molecule has 0 atom stereocenters. The zero-order valence-electron chi connectivity index (χ0n) is 11.9. The highest BCUT2D eigenvalue weighted by Crippen LogP contribution is 2.24. The highest BCUT2D eigenvalue weighted by molar-refractivity contribution is 5.80. The quantitative estimate of drug-likeness (QED) is 0.635. The minimum Gasteiger partial charge on any atom is -0.474 e. The highest BCUT2D eigenvalue weighted by atomic mass is 16.5. The molecule has 1 heterocycles. The van der Waals surface area contributed by atoms with Crippen molar-refractivity contribution in [2.75, 3.05) is 7.05 Å². The van der Waals surface area contributed by atoms with Crippen molar-refractivity contribution in [3.63, 3.8) is 0 Å². The molecule has 20 heavy (non-hydrogen) atoms. The molecule has 0 amide bonds. The lowest BCUT2D eigenvalue weighted by atomic mass is 9.96. The molecule has 0 radical (unpaired) electrons. The highest BCUT2D eigenvalue weighted by Gasteiger charge is 2.22. The van der Waals surface area contributed by atoms with Crippen LogP contribution in [-0.4, -0.2) is 30.1 Å². The van der Waals surface area contributed by atoms with Crippen molar-refractivity contribution < 1.29 is 4.74 Å². The van der Waals surface area contributed by atoms with Gasteiger partial charge in [0.25, 0.3) is 0 Å². The van der Waals surface area contributed by atoms with Gasteiger partial charge in [-0.3, -0.25) is 4.99 Å². The van der Waals surface area contributed by atoms with E-state index >= 15 is 0 Å². The number of hydrogen-bond acceptors (Lipinski definition) is 3. The Labute approximate surface area is 119 Å². The fourth-order valence-corrected chi connectivity index (χ4v) is 2.09. The Morgan fingerprint density at radius 3 is 2.90 bits per heavy atom. The van der Waals surface area contributed by atoms with Gasteiger partial charge in [-0.1, -0.05) is 0 Å². The van der Waals surface area contributed by atoms with E-state index < -0.39 is 0 Å². The number of nitrogens with one attached hydrogen (secondary N) is 2. The van der Waals surface area contributed by atoms with E-state index in [-0.39, 0.29) is 0 Å². The molecule has 2 aliphatic carbocycles. The zero-order valence-corrected chi connectivity index (χ0v) is 11.9. The van der Waals surface area contributed by atoms with Gasteiger partial charge in [-0.2, -0.15) is 0 Å². The smallest absolute Gasteiger partial charge is 0.213 e. The van der Waals surface area contributed by atoms with Gasteiger partial charge in [0, 0.05) is 31.9 Å². The molecule has 5 nitrogen and oxygen atoms in total. The standard InChI is InChI=1S/C15H22N4O/c1-16-15(19-12-5-6-12)18-10-11-7-8-17-14(9-11)20-13-3-2-4-13/h7-9,12-13H,2-6,10H2,1H3,(H2,16,18,19). The van der Waals surface area contributed by atoms with Crippen molar-refractivity contribution >= 4 is 5.96 Å². The van der Waals surface area contributed by atoms with E-state index in [2.05, 4.69) is 20.6 Å². The van der Waals surface area contributed by atoms with E-state index in [1.165, 1.54) is 19.3 Å². The lowest BCUT2D eigenvalue weighted by molar-refractivity contribution is 0.114. The lowest BCUT2D eigenvalue weighted by Crippen LogP contribution is -2.38. The number of hydrogen-bond donors (Lipinski definition) is 2. The molecule has 0 bridgehead atoms. The normalized spacial score (nSPS) is 19.4. The molecular weight excluding hydrogens is 252 g/mol. The van der Waals surface area contributed by atoms with Crippen molar-refractivity contribution in [3.8, 4) is 5.88 Å². The number of pyridine rings is 1. The van der Waals surface area contributed by atoms with Crippen LogP contribution in [0.5, 0.6) is 5.88 Å². The topological polar surface area (TPSA) is 58.5 Å². The maximum absolute atomic E-state index is 5.81. The Balaban J connectivity index is 1.51. The van der Waals surface area contributed by atoms with Crippen molar-refractivity contribution in [2.24, 2.45) is 4.99 Å². The number of rotatable bonds is 5. The van der Waals surface area contributed by atoms with Gasteiger partial charge in [0.2, 0.25) is 5.88 Å². The largest absolute Gasteiger partial charge is 0.474 e. The van der Waals surface area contributed by atoms with E-state index in [1.54, 1.807) is 7.05 Å². The molecule has 2 fully saturated rings. The SMILES string of the molecule is CN=C(NCc1ccnc(OC2CCC2)c1)NC1CC1. The first-order valence-electron chi connectivity index (χ1n) is 7.42. The van der Waals surface area contributed by atoms with Crippen LogP contribution in [-0.2, 0) is 6.54 Å². The second kappa shape index (κ2) is 6.11. The lowest BCUT2D eigenvalue weighted by Gasteiger charge is -2.25. The molecule has 2 N–H and O–H groups in total. The average molecular weight is 274 g/mol. The average Bonchev–Trinajstić information content (AvgIpc) is 3.23. The van der Waals surface area contributed by atoms with Crippen molar-refractivity contribution in [1.29, 1.82) is 0 Å². The Kier molecular flexibility index (Phi) is 4.04. The van der Waals surface area contributed by atoms with Crippen LogP contribution in [0.2, 0.25) is 0 Å². The van der Waals surface area contributed by atoms with Gasteiger partial charge >= 0.3 is 0 Å². The van der Waals surface area contributed by atoms with Gasteiger partial charge in [0.05, 0.1) is 0 Å². The summed E-state index contributed by atoms with van der Waals surface area (Å²) in [6.07, 6.45) is 8.25. The summed E-state index contributed by atoms with van der Waals surface area (Å²) in [4.78, 5) is 8.50. The minimum absolute atomic E-state index is 0.370. The van der Waals surface area contributed by atoms with E-state index in [4.69, 9.17) is 4.74 Å². The summed E-state index contributed by atoms with van der Waals surface area (Å²) in [6, 6.07) is 4.62. The van der Waals surface area contributed by atoms with E-state index in [0.29, 0.717) is 12.1 Å². The van der Waals surface area contributed by atoms with Crippen LogP contribution in [0.4, 0.5) is 0 Å². The molecule has 108 valence electrons. The van der Waals surface area contributed by atoms with Crippen molar-refractivity contribution in [1.82, 2.24) is 15.6 Å². The van der Waals surface area contributed by atoms with Gasteiger partial charge in [0.15, 0.2) is 5.96 Å². The molecule has 2 aliphatic rings. The zero-order chi connectivity index (χ0) is 13.8. The monoisotopic (exact) mass is 274 g/mol. The summed E-state index contributed by atoms with van der Waals surface area (Å²) >= 11 is 0. The molecule has 2 saturated carbocycles. The molecular formula is C15H22N4O. The first-order chi connectivity index (χ1) is 9.83. The van der Waals surface area contributed by atoms with Crippen molar-refractivity contribution in [2.45, 2.75) is 50.8 Å². The van der Waals surface area contributed by atoms with Crippen LogP contribution in [0.15, 0.2) is 23.3 Å². The van der Waals surface area contributed by atoms with Gasteiger partial charge in [-0.25, -0.2) is 4.98 Å². The first kappa shape index (κ1) is 13.2. The summed E-state index contributed by atoms with van der Waals surface area (Å²) in [5, 5.41) is 6.69. The third kappa shape index (κ3) is 3.62. The van der Waals surface area contributed by atoms with Gasteiger partial charge in [0.1, 0.15) is 6.10 Å². The van der Waals surface area contributed by atoms with Crippen LogP contribution >= 0.6 is 0 Å². The third-order valence-corrected chi connectivity index (χ3v) is 3.74. The summed E-state index contributed by atoms with van der Waals surface area (Å²) in [5.74, 6) is 1.60. The molecule has 1 aromatic heterocycles. The Morgan fingerprint density at radius 1 is 1.40 bits per heavy atom. The number of aromatic nitrogens is 1. The molecule has 3 rings (SSSR count). The Morgan fingerprint density at radius 2 is 2.25 bits per heavy atom. The van der Waals surface area contributed by atoms with Gasteiger partial charge < -0.3 is 15.4 Å². The molecule has 0 aromatic carbocycles. The molecule has 0 aliphatic heterocycles. The maximum atomic E-state index is 5.81. The fourth-order valence-electron chi connectivity index (χ4n) is 2.09. The van der Waals surface area contributed by atoms with E-state index in [1.807, 2.05) is 18.3 Å². The Bertz CT molecular complexity index is 481. The summed E-state index contributed by atoms with van der Waals surface area (Å²) < 4.78 is 5.81. The van der Waals surface area contributed by atoms with Crippen LogP contribution in [0.1, 0.15) is 37.7 Å². The predicted molar refractivity (Wildman–Crippen MR) is 78.9 cm³/mol. The first-order valence-corrected chi connectivity index (χ1v) is 7.42. The third-order valence-electron chi connectivity index (χ3n) is 3.74. The maximum Gasteiger partial charge on any atom is 0.213 e. The second-order valence-electron chi connectivity index (χ2n) is 5.52. The fraction of sp³-hybridized carbons (Fsp3) is 0.600. The summed E-state index contributed by atoms with van der Waals surface area (Å²) in [5.41, 5.74) is 1.16. The van der Waals surface area contributed by atoms with E-state index in [0.717, 1.165) is 36.8 Å². The predicted octanol–water partition coefficient (Wildman–Crippen LogP) is 1.84. The van der Waals surface area contributed by atoms with Gasteiger partial charge in [-0.05, 0) is 43.7 Å². The molecule has 0 unspecified atom stereocenters. The number of guanidine groups is 1. The van der Waals surface area contributed by atoms with Crippen LogP contribution in [0.3, 0.4) is 0 Å². The molecule has 5 heteroatoms. The van der Waals surface area contributed by atoms with Gasteiger partial charge in [-0.15, -0.1) is 0 Å². The molecule has 1 aromatic rings.